The van der Waals surface area contributed by atoms with Crippen LogP contribution in [0.4, 0.5) is 8.78 Å². The number of alkyl halides is 2. The predicted molar refractivity (Wildman–Crippen MR) is 136 cm³/mol. The van der Waals surface area contributed by atoms with E-state index in [4.69, 9.17) is 8.83 Å². The van der Waals surface area contributed by atoms with E-state index in [-0.39, 0.29) is 24.2 Å². The lowest BCUT2D eigenvalue weighted by Crippen LogP contribution is -2.36. The predicted octanol–water partition coefficient (Wildman–Crippen LogP) is 5.07. The van der Waals surface area contributed by atoms with Crippen molar-refractivity contribution in [2.75, 3.05) is 20.1 Å². The van der Waals surface area contributed by atoms with Crippen LogP contribution in [0.25, 0.3) is 33.8 Å². The van der Waals surface area contributed by atoms with Crippen molar-refractivity contribution in [2.24, 2.45) is 0 Å². The SMILES string of the molecule is Cc1ccc(-c2ccc3c(c2)n(Cc2ccc(-c4nnc(C(F)F)o4)cn2)c(=O)n3C2CCN(C)CC2)o1. The van der Waals surface area contributed by atoms with Gasteiger partial charge in [-0.15, -0.1) is 10.2 Å². The van der Waals surface area contributed by atoms with Crippen molar-refractivity contribution in [1.82, 2.24) is 29.2 Å². The number of pyridine rings is 1. The van der Waals surface area contributed by atoms with E-state index in [9.17, 15) is 13.6 Å². The van der Waals surface area contributed by atoms with Crippen LogP contribution in [-0.2, 0) is 6.54 Å². The molecule has 0 saturated carbocycles. The molecular formula is C27H26F2N6O3. The van der Waals surface area contributed by atoms with Gasteiger partial charge < -0.3 is 13.7 Å². The Bertz CT molecular complexity index is 1640. The summed E-state index contributed by atoms with van der Waals surface area (Å²) >= 11 is 0. The van der Waals surface area contributed by atoms with Crippen LogP contribution in [-0.4, -0.2) is 49.4 Å². The van der Waals surface area contributed by atoms with Crippen molar-refractivity contribution in [3.8, 4) is 22.8 Å². The van der Waals surface area contributed by atoms with Gasteiger partial charge in [0.15, 0.2) is 0 Å². The van der Waals surface area contributed by atoms with Crippen LogP contribution in [0.15, 0.2) is 62.3 Å². The monoisotopic (exact) mass is 520 g/mol. The minimum atomic E-state index is -2.84. The van der Waals surface area contributed by atoms with Crippen LogP contribution < -0.4 is 5.69 Å². The zero-order valence-corrected chi connectivity index (χ0v) is 21.0. The molecule has 11 heteroatoms. The molecule has 4 aromatic heterocycles. The van der Waals surface area contributed by atoms with Crippen molar-refractivity contribution in [1.29, 1.82) is 0 Å². The second-order valence-corrected chi connectivity index (χ2v) is 9.67. The molecule has 0 amide bonds. The number of aryl methyl sites for hydroxylation is 1. The van der Waals surface area contributed by atoms with E-state index >= 15 is 0 Å². The van der Waals surface area contributed by atoms with Crippen LogP contribution in [0.1, 0.15) is 42.7 Å². The lowest BCUT2D eigenvalue weighted by Gasteiger charge is -2.29. The van der Waals surface area contributed by atoms with E-state index in [1.54, 1.807) is 16.7 Å². The van der Waals surface area contributed by atoms with Crippen molar-refractivity contribution in [3.05, 3.63) is 76.5 Å². The van der Waals surface area contributed by atoms with Gasteiger partial charge in [-0.2, -0.15) is 8.78 Å². The number of piperidine rings is 1. The molecule has 1 fully saturated rings. The number of nitrogens with zero attached hydrogens (tertiary/aromatic N) is 6. The number of rotatable bonds is 6. The van der Waals surface area contributed by atoms with Crippen molar-refractivity contribution < 1.29 is 17.6 Å². The molecule has 1 aliphatic rings. The summed E-state index contributed by atoms with van der Waals surface area (Å²) in [5, 5.41) is 7.03. The van der Waals surface area contributed by atoms with Gasteiger partial charge in [0.05, 0.1) is 28.8 Å². The third kappa shape index (κ3) is 4.43. The van der Waals surface area contributed by atoms with Gasteiger partial charge in [-0.25, -0.2) is 4.79 Å². The molecule has 6 rings (SSSR count). The summed E-state index contributed by atoms with van der Waals surface area (Å²) in [6.07, 6.45) is 0.432. The Balaban J connectivity index is 1.39. The summed E-state index contributed by atoms with van der Waals surface area (Å²) in [5.74, 6) is 0.780. The number of likely N-dealkylation sites (tertiary alicyclic amines) is 1. The van der Waals surface area contributed by atoms with Crippen LogP contribution in [0, 0.1) is 6.92 Å². The number of aromatic nitrogens is 5. The molecule has 38 heavy (non-hydrogen) atoms. The number of fused-ring (bicyclic) bond motifs is 1. The summed E-state index contributed by atoms with van der Waals surface area (Å²) in [6.45, 7) is 3.99. The second-order valence-electron chi connectivity index (χ2n) is 9.67. The van der Waals surface area contributed by atoms with E-state index in [0.29, 0.717) is 11.3 Å². The number of imidazole rings is 1. The summed E-state index contributed by atoms with van der Waals surface area (Å²) in [6, 6.07) is 13.3. The minimum absolute atomic E-state index is 0.0335. The molecule has 0 bridgehead atoms. The molecule has 5 aromatic rings. The maximum atomic E-state index is 13.8. The molecule has 0 spiro atoms. The first-order valence-corrected chi connectivity index (χ1v) is 12.4. The normalized spacial score (nSPS) is 15.2. The molecular weight excluding hydrogens is 494 g/mol. The molecule has 9 nitrogen and oxygen atoms in total. The van der Waals surface area contributed by atoms with Crippen LogP contribution in [0.2, 0.25) is 0 Å². The maximum Gasteiger partial charge on any atom is 0.329 e. The van der Waals surface area contributed by atoms with Crippen molar-refractivity contribution in [3.63, 3.8) is 0 Å². The summed E-state index contributed by atoms with van der Waals surface area (Å²) < 4.78 is 40.1. The van der Waals surface area contributed by atoms with E-state index in [2.05, 4.69) is 27.1 Å². The summed E-state index contributed by atoms with van der Waals surface area (Å²) in [5.41, 5.74) is 3.51. The third-order valence-electron chi connectivity index (χ3n) is 7.06. The molecule has 1 aliphatic heterocycles. The van der Waals surface area contributed by atoms with E-state index in [0.717, 1.165) is 54.0 Å². The van der Waals surface area contributed by atoms with Crippen LogP contribution >= 0.6 is 0 Å². The number of halogens is 2. The minimum Gasteiger partial charge on any atom is -0.461 e. The van der Waals surface area contributed by atoms with Gasteiger partial charge in [-0.3, -0.25) is 14.1 Å². The van der Waals surface area contributed by atoms with E-state index in [1.807, 2.05) is 41.8 Å². The Morgan fingerprint density at radius 3 is 2.45 bits per heavy atom. The van der Waals surface area contributed by atoms with Gasteiger partial charge in [0.2, 0.25) is 5.89 Å². The highest BCUT2D eigenvalue weighted by molar-refractivity contribution is 5.82. The van der Waals surface area contributed by atoms with E-state index < -0.39 is 12.3 Å². The Kier molecular flexibility index (Phi) is 6.15. The molecule has 0 N–H and O–H groups in total. The van der Waals surface area contributed by atoms with Gasteiger partial charge in [0.25, 0.3) is 5.89 Å². The molecule has 5 heterocycles. The number of hydrogen-bond acceptors (Lipinski definition) is 7. The first-order chi connectivity index (χ1) is 18.4. The number of hydrogen-bond donors (Lipinski definition) is 0. The van der Waals surface area contributed by atoms with Crippen LogP contribution in [0.5, 0.6) is 0 Å². The Labute approximate surface area is 216 Å². The molecule has 196 valence electrons. The largest absolute Gasteiger partial charge is 0.461 e. The molecule has 0 unspecified atom stereocenters. The topological polar surface area (TPSA) is 95.1 Å². The highest BCUT2D eigenvalue weighted by Crippen LogP contribution is 2.30. The lowest BCUT2D eigenvalue weighted by atomic mass is 10.0. The molecule has 0 radical (unpaired) electrons. The number of benzene rings is 1. The number of furan rings is 1. The Morgan fingerprint density at radius 1 is 1.00 bits per heavy atom. The first kappa shape index (κ1) is 24.2. The summed E-state index contributed by atoms with van der Waals surface area (Å²) in [4.78, 5) is 20.6. The molecule has 0 atom stereocenters. The average molecular weight is 521 g/mol. The highest BCUT2D eigenvalue weighted by atomic mass is 19.3. The zero-order chi connectivity index (χ0) is 26.4. The standard InChI is InChI=1S/C27H26F2N6O3/c1-16-3-8-23(37-16)17-5-7-21-22(13-17)34(27(36)35(21)20-9-11-33(2)12-10-20)15-19-6-4-18(14-30-19)25-31-32-26(38-25)24(28)29/h3-8,13-14,20,24H,9-12,15H2,1-2H3. The second kappa shape index (κ2) is 9.64. The van der Waals surface area contributed by atoms with Crippen molar-refractivity contribution >= 4 is 11.0 Å². The Hall–Kier alpha value is -4.12. The van der Waals surface area contributed by atoms with Crippen molar-refractivity contribution in [2.45, 2.75) is 38.8 Å². The molecule has 0 aliphatic carbocycles. The fraction of sp³-hybridized carbons (Fsp3) is 0.333. The van der Waals surface area contributed by atoms with Gasteiger partial charge in [0.1, 0.15) is 11.5 Å². The smallest absolute Gasteiger partial charge is 0.329 e. The maximum absolute atomic E-state index is 13.8. The Morgan fingerprint density at radius 2 is 1.79 bits per heavy atom. The first-order valence-electron chi connectivity index (χ1n) is 12.4. The highest BCUT2D eigenvalue weighted by Gasteiger charge is 2.25. The van der Waals surface area contributed by atoms with Gasteiger partial charge in [-0.1, -0.05) is 0 Å². The molecule has 1 saturated heterocycles. The average Bonchev–Trinajstić information content (AvgIpc) is 3.64. The fourth-order valence-electron chi connectivity index (χ4n) is 5.03. The third-order valence-corrected chi connectivity index (χ3v) is 7.06. The van der Waals surface area contributed by atoms with E-state index in [1.165, 1.54) is 6.20 Å². The van der Waals surface area contributed by atoms with Gasteiger partial charge in [-0.05, 0) is 82.4 Å². The fourth-order valence-corrected chi connectivity index (χ4v) is 5.03. The molecule has 1 aromatic carbocycles. The quantitative estimate of drug-likeness (QED) is 0.309. The zero-order valence-electron chi connectivity index (χ0n) is 21.0. The van der Waals surface area contributed by atoms with Crippen LogP contribution in [0.3, 0.4) is 0 Å². The van der Waals surface area contributed by atoms with Gasteiger partial charge >= 0.3 is 12.1 Å². The van der Waals surface area contributed by atoms with Gasteiger partial charge in [0, 0.05) is 17.8 Å². The lowest BCUT2D eigenvalue weighted by molar-refractivity contribution is 0.116. The summed E-state index contributed by atoms with van der Waals surface area (Å²) in [7, 11) is 2.10.